The number of anilines is 1. The zero-order chi connectivity index (χ0) is 20.5. The summed E-state index contributed by atoms with van der Waals surface area (Å²) in [5, 5.41) is 0.973. The van der Waals surface area contributed by atoms with E-state index in [4.69, 9.17) is 4.74 Å². The molecule has 8 nitrogen and oxygen atoms in total. The lowest BCUT2D eigenvalue weighted by atomic mass is 9.96. The molecule has 3 aromatic rings. The molecule has 5 rings (SSSR count). The van der Waals surface area contributed by atoms with Crippen LogP contribution in [0.1, 0.15) is 25.0 Å². The summed E-state index contributed by atoms with van der Waals surface area (Å²) >= 11 is 0. The van der Waals surface area contributed by atoms with Crippen molar-refractivity contribution in [3.8, 4) is 5.88 Å². The van der Waals surface area contributed by atoms with E-state index in [1.54, 1.807) is 30.3 Å². The van der Waals surface area contributed by atoms with E-state index in [1.165, 1.54) is 6.42 Å². The highest BCUT2D eigenvalue weighted by molar-refractivity contribution is 5.86. The first-order chi connectivity index (χ1) is 14.7. The maximum Gasteiger partial charge on any atom is 0.273 e. The Balaban J connectivity index is 1.29. The Morgan fingerprint density at radius 3 is 2.70 bits per heavy atom. The first-order valence-electron chi connectivity index (χ1n) is 10.6. The van der Waals surface area contributed by atoms with E-state index in [2.05, 4.69) is 36.9 Å². The van der Waals surface area contributed by atoms with Crippen LogP contribution in [0.5, 0.6) is 5.88 Å². The number of aryl methyl sites for hydroxylation is 1. The van der Waals surface area contributed by atoms with E-state index < -0.39 is 0 Å². The molecular weight excluding hydrogens is 380 g/mol. The third-order valence-electron chi connectivity index (χ3n) is 6.11. The van der Waals surface area contributed by atoms with Crippen molar-refractivity contribution in [2.75, 3.05) is 31.1 Å². The van der Waals surface area contributed by atoms with Gasteiger partial charge in [0, 0.05) is 57.9 Å². The number of aromatic nitrogens is 4. The lowest BCUT2D eigenvalue weighted by molar-refractivity contribution is 0.116. The fraction of sp³-hybridized carbons (Fsp3) is 0.455. The zero-order valence-corrected chi connectivity index (χ0v) is 17.2. The lowest BCUT2D eigenvalue weighted by Gasteiger charge is -2.36. The summed E-state index contributed by atoms with van der Waals surface area (Å²) in [5.41, 5.74) is 2.65. The topological polar surface area (TPSA) is 76.4 Å². The number of rotatable bonds is 5. The number of fused-ring (bicyclic) bond motifs is 1. The van der Waals surface area contributed by atoms with E-state index in [1.807, 2.05) is 6.07 Å². The first-order valence-corrected chi connectivity index (χ1v) is 10.6. The van der Waals surface area contributed by atoms with Gasteiger partial charge in [-0.1, -0.05) is 0 Å². The Labute approximate surface area is 175 Å². The standard InChI is InChI=1S/C22H26N6O2/c1-26-8-7-23-20(22(26)29)14-27-9-11-28(12-10-27)16-5-6-19-18(13-16)21(25-15-24-19)30-17-3-2-4-17/h5-8,13,15,17H,2-4,9-12,14H2,1H3. The van der Waals surface area contributed by atoms with Gasteiger partial charge in [-0.25, -0.2) is 9.97 Å². The third-order valence-corrected chi connectivity index (χ3v) is 6.11. The largest absolute Gasteiger partial charge is 0.474 e. The van der Waals surface area contributed by atoms with E-state index in [9.17, 15) is 4.79 Å². The van der Waals surface area contributed by atoms with Crippen LogP contribution in [0, 0.1) is 0 Å². The number of hydrogen-bond donors (Lipinski definition) is 0. The first kappa shape index (κ1) is 19.0. The van der Waals surface area contributed by atoms with Gasteiger partial charge in [0.1, 0.15) is 18.1 Å². The van der Waals surface area contributed by atoms with Crippen LogP contribution in [0.25, 0.3) is 10.9 Å². The molecule has 1 aliphatic carbocycles. The van der Waals surface area contributed by atoms with Crippen molar-refractivity contribution < 1.29 is 4.74 Å². The summed E-state index contributed by atoms with van der Waals surface area (Å²) in [6.45, 7) is 4.14. The molecule has 0 spiro atoms. The third kappa shape index (κ3) is 3.75. The minimum absolute atomic E-state index is 0.0200. The molecule has 0 atom stereocenters. The Kier molecular flexibility index (Phi) is 5.08. The molecule has 2 fully saturated rings. The number of ether oxygens (including phenoxy) is 1. The van der Waals surface area contributed by atoms with Crippen LogP contribution in [-0.2, 0) is 13.6 Å². The fourth-order valence-electron chi connectivity index (χ4n) is 3.99. The van der Waals surface area contributed by atoms with Crippen molar-refractivity contribution in [1.82, 2.24) is 24.4 Å². The smallest absolute Gasteiger partial charge is 0.273 e. The average Bonchev–Trinajstić information content (AvgIpc) is 2.74. The van der Waals surface area contributed by atoms with Crippen molar-refractivity contribution in [2.24, 2.45) is 7.05 Å². The highest BCUT2D eigenvalue weighted by Crippen LogP contribution is 2.31. The van der Waals surface area contributed by atoms with Gasteiger partial charge in [-0.05, 0) is 37.5 Å². The van der Waals surface area contributed by atoms with Gasteiger partial charge in [-0.3, -0.25) is 14.7 Å². The van der Waals surface area contributed by atoms with Gasteiger partial charge >= 0.3 is 0 Å². The molecule has 1 aromatic carbocycles. The molecule has 2 aliphatic rings. The van der Waals surface area contributed by atoms with Crippen molar-refractivity contribution in [2.45, 2.75) is 31.9 Å². The van der Waals surface area contributed by atoms with Gasteiger partial charge < -0.3 is 14.2 Å². The molecule has 0 bridgehead atoms. The van der Waals surface area contributed by atoms with E-state index in [0.29, 0.717) is 18.1 Å². The van der Waals surface area contributed by atoms with Crippen LogP contribution in [0.2, 0.25) is 0 Å². The van der Waals surface area contributed by atoms with Crippen LogP contribution < -0.4 is 15.2 Å². The number of hydrogen-bond acceptors (Lipinski definition) is 7. The Morgan fingerprint density at radius 2 is 1.93 bits per heavy atom. The fourth-order valence-corrected chi connectivity index (χ4v) is 3.99. The quantitative estimate of drug-likeness (QED) is 0.641. The molecule has 1 saturated carbocycles. The summed E-state index contributed by atoms with van der Waals surface area (Å²) < 4.78 is 7.68. The van der Waals surface area contributed by atoms with E-state index in [-0.39, 0.29) is 11.7 Å². The predicted octanol–water partition coefficient (Wildman–Crippen LogP) is 1.98. The van der Waals surface area contributed by atoms with Gasteiger partial charge in [-0.15, -0.1) is 0 Å². The second-order valence-corrected chi connectivity index (χ2v) is 8.10. The van der Waals surface area contributed by atoms with Crippen molar-refractivity contribution in [1.29, 1.82) is 0 Å². The maximum atomic E-state index is 12.2. The SMILES string of the molecule is Cn1ccnc(CN2CCN(c3ccc4ncnc(OC5CCC5)c4c3)CC2)c1=O. The summed E-state index contributed by atoms with van der Waals surface area (Å²) in [5.74, 6) is 0.691. The van der Waals surface area contributed by atoms with Crippen LogP contribution in [0.3, 0.4) is 0 Å². The molecule has 2 aromatic heterocycles. The van der Waals surface area contributed by atoms with Crippen LogP contribution in [0.15, 0.2) is 41.7 Å². The Bertz CT molecular complexity index is 1100. The minimum Gasteiger partial charge on any atom is -0.474 e. The molecule has 0 amide bonds. The second-order valence-electron chi connectivity index (χ2n) is 8.10. The highest BCUT2D eigenvalue weighted by Gasteiger charge is 2.22. The molecule has 0 N–H and O–H groups in total. The minimum atomic E-state index is -0.0200. The Hall–Kier alpha value is -3.00. The summed E-state index contributed by atoms with van der Waals surface area (Å²) in [6, 6.07) is 6.31. The maximum absolute atomic E-state index is 12.2. The van der Waals surface area contributed by atoms with E-state index >= 15 is 0 Å². The van der Waals surface area contributed by atoms with Crippen molar-refractivity contribution in [3.05, 3.63) is 53.0 Å². The summed E-state index contributed by atoms with van der Waals surface area (Å²) in [6.07, 6.45) is 8.68. The number of benzene rings is 1. The number of nitrogens with zero attached hydrogens (tertiary/aromatic N) is 6. The molecule has 8 heteroatoms. The Morgan fingerprint density at radius 1 is 1.10 bits per heavy atom. The van der Waals surface area contributed by atoms with Crippen molar-refractivity contribution >= 4 is 16.6 Å². The molecule has 1 aliphatic heterocycles. The van der Waals surface area contributed by atoms with Gasteiger partial charge in [0.2, 0.25) is 5.88 Å². The average molecular weight is 406 g/mol. The molecular formula is C22H26N6O2. The van der Waals surface area contributed by atoms with Crippen LogP contribution >= 0.6 is 0 Å². The van der Waals surface area contributed by atoms with Gasteiger partial charge in [0.15, 0.2) is 0 Å². The monoisotopic (exact) mass is 406 g/mol. The zero-order valence-electron chi connectivity index (χ0n) is 17.2. The summed E-state index contributed by atoms with van der Waals surface area (Å²) in [4.78, 5) is 29.9. The van der Waals surface area contributed by atoms with E-state index in [0.717, 1.165) is 55.6 Å². The lowest BCUT2D eigenvalue weighted by Crippen LogP contribution is -2.46. The predicted molar refractivity (Wildman–Crippen MR) is 115 cm³/mol. The number of piperazine rings is 1. The van der Waals surface area contributed by atoms with Gasteiger partial charge in [0.05, 0.1) is 10.9 Å². The molecule has 30 heavy (non-hydrogen) atoms. The molecule has 0 radical (unpaired) electrons. The van der Waals surface area contributed by atoms with Crippen LogP contribution in [0.4, 0.5) is 5.69 Å². The molecule has 1 saturated heterocycles. The highest BCUT2D eigenvalue weighted by atomic mass is 16.5. The second kappa shape index (κ2) is 8.02. The van der Waals surface area contributed by atoms with Gasteiger partial charge in [-0.2, -0.15) is 0 Å². The van der Waals surface area contributed by atoms with Crippen molar-refractivity contribution in [3.63, 3.8) is 0 Å². The molecule has 0 unspecified atom stereocenters. The summed E-state index contributed by atoms with van der Waals surface area (Å²) in [7, 11) is 1.76. The van der Waals surface area contributed by atoms with Gasteiger partial charge in [0.25, 0.3) is 5.56 Å². The normalized spacial score (nSPS) is 17.8. The van der Waals surface area contributed by atoms with Crippen LogP contribution in [-0.4, -0.2) is 56.7 Å². The molecule has 156 valence electrons. The molecule has 3 heterocycles.